The highest BCUT2D eigenvalue weighted by atomic mass is 35.5. The predicted molar refractivity (Wildman–Crippen MR) is 66.5 cm³/mol. The third-order valence-electron chi connectivity index (χ3n) is 2.12. The topological polar surface area (TPSA) is 12.0 Å². The molecule has 1 rings (SSSR count). The lowest BCUT2D eigenvalue weighted by Gasteiger charge is -2.13. The molecule has 0 amide bonds. The highest BCUT2D eigenvalue weighted by Gasteiger charge is 2.09. The van der Waals surface area contributed by atoms with Gasteiger partial charge in [-0.3, -0.25) is 0 Å². The minimum atomic E-state index is 0.262. The van der Waals surface area contributed by atoms with Crippen LogP contribution in [0.4, 0.5) is 0 Å². The molecule has 1 atom stereocenters. The van der Waals surface area contributed by atoms with Crippen LogP contribution in [-0.2, 0) is 6.42 Å². The summed E-state index contributed by atoms with van der Waals surface area (Å²) in [6.45, 7) is 2.61. The summed E-state index contributed by atoms with van der Waals surface area (Å²) in [6, 6.07) is 5.79. The van der Waals surface area contributed by atoms with Crippen molar-refractivity contribution in [2.45, 2.75) is 19.4 Å². The summed E-state index contributed by atoms with van der Waals surface area (Å²) >= 11 is 12.1. The number of benzene rings is 1. The molecule has 0 aliphatic rings. The van der Waals surface area contributed by atoms with Gasteiger partial charge in [0.2, 0.25) is 0 Å². The lowest BCUT2D eigenvalue weighted by molar-refractivity contribution is 0.585. The first-order valence-electron chi connectivity index (χ1n) is 4.75. The maximum atomic E-state index is 6.06. The van der Waals surface area contributed by atoms with E-state index in [1.807, 2.05) is 18.2 Å². The van der Waals surface area contributed by atoms with E-state index in [9.17, 15) is 0 Å². The summed E-state index contributed by atoms with van der Waals surface area (Å²) < 4.78 is 0. The molecular weight excluding hydrogens is 229 g/mol. The van der Waals surface area contributed by atoms with Crippen LogP contribution in [0.3, 0.4) is 0 Å². The van der Waals surface area contributed by atoms with Crippen molar-refractivity contribution in [2.75, 3.05) is 6.54 Å². The normalized spacial score (nSPS) is 12.1. The van der Waals surface area contributed by atoms with Gasteiger partial charge in [-0.1, -0.05) is 35.2 Å². The van der Waals surface area contributed by atoms with E-state index in [0.29, 0.717) is 16.6 Å². The first-order chi connectivity index (χ1) is 7.15. The molecule has 0 aromatic heterocycles. The molecule has 0 fully saturated rings. The lowest BCUT2D eigenvalue weighted by Crippen LogP contribution is -2.28. The summed E-state index contributed by atoms with van der Waals surface area (Å²) in [4.78, 5) is 0. The van der Waals surface area contributed by atoms with Crippen LogP contribution < -0.4 is 5.32 Å². The minimum absolute atomic E-state index is 0.262. The van der Waals surface area contributed by atoms with Crippen molar-refractivity contribution < 1.29 is 0 Å². The average molecular weight is 242 g/mol. The van der Waals surface area contributed by atoms with Gasteiger partial charge in [-0.2, -0.15) is 0 Å². The molecule has 0 radical (unpaired) electrons. The van der Waals surface area contributed by atoms with E-state index in [2.05, 4.69) is 18.2 Å². The van der Waals surface area contributed by atoms with Crippen molar-refractivity contribution in [1.82, 2.24) is 5.32 Å². The van der Waals surface area contributed by atoms with Crippen LogP contribution >= 0.6 is 23.2 Å². The number of rotatable bonds is 4. The molecule has 0 bridgehead atoms. The summed E-state index contributed by atoms with van der Waals surface area (Å²) in [5, 5.41) is 4.59. The van der Waals surface area contributed by atoms with Gasteiger partial charge in [-0.05, 0) is 31.0 Å². The molecule has 80 valence electrons. The van der Waals surface area contributed by atoms with Crippen molar-refractivity contribution in [3.63, 3.8) is 0 Å². The van der Waals surface area contributed by atoms with Gasteiger partial charge >= 0.3 is 0 Å². The molecule has 1 aromatic rings. The van der Waals surface area contributed by atoms with Gasteiger partial charge in [0.05, 0.1) is 6.54 Å². The largest absolute Gasteiger partial charge is 0.303 e. The molecule has 0 spiro atoms. The van der Waals surface area contributed by atoms with Gasteiger partial charge in [0.25, 0.3) is 0 Å². The third-order valence-corrected chi connectivity index (χ3v) is 2.83. The zero-order valence-corrected chi connectivity index (χ0v) is 10.1. The first kappa shape index (κ1) is 12.4. The quantitative estimate of drug-likeness (QED) is 0.800. The van der Waals surface area contributed by atoms with Crippen LogP contribution in [0.5, 0.6) is 0 Å². The van der Waals surface area contributed by atoms with E-state index in [1.54, 1.807) is 0 Å². The predicted octanol–water partition coefficient (Wildman–Crippen LogP) is 3.15. The number of hydrogen-bond donors (Lipinski definition) is 1. The highest BCUT2D eigenvalue weighted by Crippen LogP contribution is 2.25. The fourth-order valence-electron chi connectivity index (χ4n) is 1.34. The van der Waals surface area contributed by atoms with Gasteiger partial charge in [0, 0.05) is 16.1 Å². The van der Waals surface area contributed by atoms with Crippen molar-refractivity contribution in [2.24, 2.45) is 0 Å². The molecule has 1 N–H and O–H groups in total. The van der Waals surface area contributed by atoms with E-state index in [4.69, 9.17) is 29.6 Å². The van der Waals surface area contributed by atoms with Gasteiger partial charge in [-0.15, -0.1) is 6.42 Å². The Bertz CT molecular complexity index is 348. The molecule has 3 heteroatoms. The first-order valence-corrected chi connectivity index (χ1v) is 5.50. The fraction of sp³-hybridized carbons (Fsp3) is 0.333. The maximum Gasteiger partial charge on any atom is 0.0575 e. The van der Waals surface area contributed by atoms with Gasteiger partial charge in [-0.25, -0.2) is 0 Å². The molecule has 1 unspecified atom stereocenters. The molecule has 15 heavy (non-hydrogen) atoms. The van der Waals surface area contributed by atoms with E-state index in [0.717, 1.165) is 12.0 Å². The monoisotopic (exact) mass is 241 g/mol. The summed E-state index contributed by atoms with van der Waals surface area (Å²) in [7, 11) is 0. The second-order valence-electron chi connectivity index (χ2n) is 3.39. The zero-order chi connectivity index (χ0) is 11.3. The standard InChI is InChI=1S/C12H13Cl2N/c1-3-7-15-9(2)8-10-11(13)5-4-6-12(10)14/h1,4-6,9,15H,7-8H2,2H3. The van der Waals surface area contributed by atoms with Crippen LogP contribution in [0, 0.1) is 12.3 Å². The number of halogens is 2. The Morgan fingerprint density at radius 2 is 2.00 bits per heavy atom. The molecule has 0 aliphatic heterocycles. The Kier molecular flexibility index (Phi) is 4.98. The third kappa shape index (κ3) is 3.76. The van der Waals surface area contributed by atoms with Crippen molar-refractivity contribution in [3.05, 3.63) is 33.8 Å². The minimum Gasteiger partial charge on any atom is -0.303 e. The molecule has 0 saturated heterocycles. The van der Waals surface area contributed by atoms with Crippen molar-refractivity contribution >= 4 is 23.2 Å². The molecule has 1 aromatic carbocycles. The second-order valence-corrected chi connectivity index (χ2v) is 4.20. The molecular formula is C12H13Cl2N. The number of terminal acetylenes is 1. The Balaban J connectivity index is 2.68. The number of nitrogens with one attached hydrogen (secondary N) is 1. The Labute approximate surface area is 101 Å². The van der Waals surface area contributed by atoms with E-state index in [-0.39, 0.29) is 6.04 Å². The van der Waals surface area contributed by atoms with E-state index < -0.39 is 0 Å². The fourth-order valence-corrected chi connectivity index (χ4v) is 1.89. The van der Waals surface area contributed by atoms with Crippen LogP contribution in [0.15, 0.2) is 18.2 Å². The van der Waals surface area contributed by atoms with Gasteiger partial charge in [0.15, 0.2) is 0 Å². The van der Waals surface area contributed by atoms with Gasteiger partial charge < -0.3 is 5.32 Å². The molecule has 0 heterocycles. The smallest absolute Gasteiger partial charge is 0.0575 e. The Morgan fingerprint density at radius 3 is 2.53 bits per heavy atom. The molecule has 0 saturated carbocycles. The molecule has 1 nitrogen and oxygen atoms in total. The Morgan fingerprint density at radius 1 is 1.40 bits per heavy atom. The summed E-state index contributed by atoms with van der Waals surface area (Å²) in [5.41, 5.74) is 0.970. The van der Waals surface area contributed by atoms with Crippen LogP contribution in [-0.4, -0.2) is 12.6 Å². The van der Waals surface area contributed by atoms with Crippen LogP contribution in [0.25, 0.3) is 0 Å². The van der Waals surface area contributed by atoms with Crippen molar-refractivity contribution in [3.8, 4) is 12.3 Å². The van der Waals surface area contributed by atoms with Crippen LogP contribution in [0.1, 0.15) is 12.5 Å². The van der Waals surface area contributed by atoms with Gasteiger partial charge in [0.1, 0.15) is 0 Å². The molecule has 0 aliphatic carbocycles. The van der Waals surface area contributed by atoms with Crippen LogP contribution in [0.2, 0.25) is 10.0 Å². The van der Waals surface area contributed by atoms with E-state index in [1.165, 1.54) is 0 Å². The second kappa shape index (κ2) is 6.02. The average Bonchev–Trinajstić information content (AvgIpc) is 2.21. The highest BCUT2D eigenvalue weighted by molar-refractivity contribution is 6.35. The Hall–Kier alpha value is -0.680. The van der Waals surface area contributed by atoms with E-state index >= 15 is 0 Å². The lowest BCUT2D eigenvalue weighted by atomic mass is 10.1. The SMILES string of the molecule is C#CCNC(C)Cc1c(Cl)cccc1Cl. The maximum absolute atomic E-state index is 6.06. The summed E-state index contributed by atoms with van der Waals surface area (Å²) in [6.07, 6.45) is 5.94. The van der Waals surface area contributed by atoms with Crippen molar-refractivity contribution in [1.29, 1.82) is 0 Å². The summed E-state index contributed by atoms with van der Waals surface area (Å²) in [5.74, 6) is 2.54. The zero-order valence-electron chi connectivity index (χ0n) is 8.56. The number of hydrogen-bond acceptors (Lipinski definition) is 1.